The lowest BCUT2D eigenvalue weighted by molar-refractivity contribution is -0.0382. The first-order valence-electron chi connectivity index (χ1n) is 4.52. The van der Waals surface area contributed by atoms with Gasteiger partial charge >= 0.3 is 0 Å². The Morgan fingerprint density at radius 2 is 2.36 bits per heavy atom. The van der Waals surface area contributed by atoms with Crippen LogP contribution in [0.2, 0.25) is 0 Å². The summed E-state index contributed by atoms with van der Waals surface area (Å²) in [5.41, 5.74) is -0.431. The van der Waals surface area contributed by atoms with Crippen molar-refractivity contribution in [2.45, 2.75) is 44.6 Å². The smallest absolute Gasteiger partial charge is 0.0707 e. The van der Waals surface area contributed by atoms with E-state index < -0.39 is 5.60 Å². The predicted molar refractivity (Wildman–Crippen MR) is 47.4 cm³/mol. The third kappa shape index (κ3) is 1.84. The zero-order chi connectivity index (χ0) is 8.32. The van der Waals surface area contributed by atoms with Crippen LogP contribution in [0.15, 0.2) is 12.7 Å². The first-order valence-corrected chi connectivity index (χ1v) is 4.52. The molecule has 0 bridgehead atoms. The lowest BCUT2D eigenvalue weighted by Gasteiger charge is -2.37. The molecule has 1 nitrogen and oxygen atoms in total. The monoisotopic (exact) mass is 156 g/mol. The summed E-state index contributed by atoms with van der Waals surface area (Å²) in [5, 5.41) is 10.1. The molecule has 0 saturated heterocycles. The summed E-state index contributed by atoms with van der Waals surface area (Å²) in [6, 6.07) is 0. The highest BCUT2D eigenvalue weighted by molar-refractivity contribution is 4.92. The van der Waals surface area contributed by atoms with Gasteiger partial charge in [0.1, 0.15) is 0 Å². The molecule has 0 heterocycles. The van der Waals surface area contributed by atoms with Crippen molar-refractivity contribution in [1.29, 1.82) is 0 Å². The summed E-state index contributed by atoms with van der Waals surface area (Å²) in [5.74, 6) is 0.453. The Labute approximate surface area is 69.1 Å². The fourth-order valence-corrected chi connectivity index (χ4v) is 1.95. The van der Waals surface area contributed by atoms with Gasteiger partial charge in [-0.25, -0.2) is 0 Å². The van der Waals surface area contributed by atoms with Gasteiger partial charge in [0.25, 0.3) is 0 Å². The molecule has 0 aromatic rings. The molecular formula is C10H18O. The van der Waals surface area contributed by atoms with Gasteiger partial charge in [-0.2, -0.15) is 0 Å². The van der Waals surface area contributed by atoms with Crippen LogP contribution in [0.3, 0.4) is 0 Å². The van der Waals surface area contributed by atoms with Crippen LogP contribution in [0.4, 0.5) is 0 Å². The number of hydrogen-bond acceptors (Lipinski definition) is 1. The molecule has 1 heteroatoms. The van der Waals surface area contributed by atoms with Crippen molar-refractivity contribution >= 4 is 0 Å². The van der Waals surface area contributed by atoms with Crippen molar-refractivity contribution in [2.75, 3.05) is 0 Å². The summed E-state index contributed by atoms with van der Waals surface area (Å²) in [6.07, 6.45) is 7.18. The van der Waals surface area contributed by atoms with E-state index in [4.69, 9.17) is 0 Å². The van der Waals surface area contributed by atoms with E-state index in [9.17, 15) is 5.11 Å². The van der Waals surface area contributed by atoms with Crippen LogP contribution in [-0.2, 0) is 0 Å². The van der Waals surface area contributed by atoms with Gasteiger partial charge in [-0.05, 0) is 25.2 Å². The molecule has 11 heavy (non-hydrogen) atoms. The van der Waals surface area contributed by atoms with Crippen LogP contribution in [0.25, 0.3) is 0 Å². The van der Waals surface area contributed by atoms with Crippen molar-refractivity contribution in [3.05, 3.63) is 12.7 Å². The molecule has 0 aromatic heterocycles. The summed E-state index contributed by atoms with van der Waals surface area (Å²) in [6.45, 7) is 5.82. The van der Waals surface area contributed by atoms with Gasteiger partial charge in [-0.3, -0.25) is 0 Å². The van der Waals surface area contributed by atoms with Gasteiger partial charge in [0.05, 0.1) is 5.60 Å². The molecule has 0 aromatic carbocycles. The fraction of sp³-hybridized carbons (Fsp3) is 0.800. The Balaban J connectivity index is 2.56. The van der Waals surface area contributed by atoms with Crippen LogP contribution in [0.5, 0.6) is 0 Å². The minimum absolute atomic E-state index is 0.431. The maximum absolute atomic E-state index is 10.1. The molecule has 0 radical (unpaired) electrons. The maximum Gasteiger partial charge on any atom is 0.0707 e. The Bertz CT molecular complexity index is 142. The molecule has 1 N–H and O–H groups in total. The van der Waals surface area contributed by atoms with Crippen LogP contribution < -0.4 is 0 Å². The van der Waals surface area contributed by atoms with Gasteiger partial charge in [-0.1, -0.05) is 25.8 Å². The summed E-state index contributed by atoms with van der Waals surface area (Å²) >= 11 is 0. The van der Waals surface area contributed by atoms with Crippen LogP contribution >= 0.6 is 0 Å². The van der Waals surface area contributed by atoms with E-state index in [0.29, 0.717) is 5.92 Å². The minimum atomic E-state index is -0.431. The van der Waals surface area contributed by atoms with Crippen molar-refractivity contribution in [2.24, 2.45) is 5.92 Å². The topological polar surface area (TPSA) is 20.2 Å². The lowest BCUT2D eigenvalue weighted by Crippen LogP contribution is -2.38. The number of hydrogen-bond donors (Lipinski definition) is 1. The molecule has 0 spiro atoms. The molecule has 0 aliphatic heterocycles. The highest BCUT2D eigenvalue weighted by Crippen LogP contribution is 2.35. The molecule has 0 unspecified atom stereocenters. The van der Waals surface area contributed by atoms with Crippen LogP contribution in [0, 0.1) is 5.92 Å². The van der Waals surface area contributed by atoms with E-state index in [2.05, 4.69) is 13.5 Å². The number of rotatable bonds is 2. The van der Waals surface area contributed by atoms with Gasteiger partial charge in [0, 0.05) is 0 Å². The lowest BCUT2D eigenvalue weighted by atomic mass is 9.76. The average Bonchev–Trinajstić information content (AvgIpc) is 1.96. The minimum Gasteiger partial charge on any atom is -0.389 e. The Hall–Kier alpha value is -0.300. The second-order valence-corrected chi connectivity index (χ2v) is 3.74. The van der Waals surface area contributed by atoms with Crippen molar-refractivity contribution in [1.82, 2.24) is 0 Å². The summed E-state index contributed by atoms with van der Waals surface area (Å²) < 4.78 is 0. The van der Waals surface area contributed by atoms with E-state index in [-0.39, 0.29) is 0 Å². The summed E-state index contributed by atoms with van der Waals surface area (Å²) in [4.78, 5) is 0. The van der Waals surface area contributed by atoms with Gasteiger partial charge in [-0.15, -0.1) is 6.58 Å². The SMILES string of the molecule is C=CC[C@@]1([18OH])CCCC[C@@H]1C. The molecular weight excluding hydrogens is 138 g/mol. The Morgan fingerprint density at radius 3 is 2.91 bits per heavy atom. The molecule has 1 saturated carbocycles. The van der Waals surface area contributed by atoms with E-state index in [1.165, 1.54) is 19.3 Å². The van der Waals surface area contributed by atoms with E-state index in [0.717, 1.165) is 12.8 Å². The first kappa shape index (κ1) is 8.79. The average molecular weight is 156 g/mol. The second kappa shape index (κ2) is 3.40. The number of aliphatic hydroxyl groups is 1. The van der Waals surface area contributed by atoms with Gasteiger partial charge in [0.2, 0.25) is 0 Å². The molecule has 1 rings (SSSR count). The van der Waals surface area contributed by atoms with E-state index in [1.54, 1.807) is 0 Å². The molecule has 1 aliphatic carbocycles. The van der Waals surface area contributed by atoms with Crippen molar-refractivity contribution < 1.29 is 5.11 Å². The molecule has 1 fully saturated rings. The largest absolute Gasteiger partial charge is 0.389 e. The highest BCUT2D eigenvalue weighted by Gasteiger charge is 2.34. The first-order chi connectivity index (χ1) is 5.19. The summed E-state index contributed by atoms with van der Waals surface area (Å²) in [7, 11) is 0. The quantitative estimate of drug-likeness (QED) is 0.481. The van der Waals surface area contributed by atoms with Crippen molar-refractivity contribution in [3.63, 3.8) is 0 Å². The molecule has 2 atom stereocenters. The fourth-order valence-electron chi connectivity index (χ4n) is 1.95. The normalized spacial score (nSPS) is 38.5. The van der Waals surface area contributed by atoms with Crippen molar-refractivity contribution in [3.8, 4) is 0 Å². The standard InChI is InChI=1S/C10H18O/c1-3-7-10(11)8-5-4-6-9(10)2/h3,9,11H,1,4-8H2,2H3/t9-,10+/m0/s1/i11+2. The van der Waals surface area contributed by atoms with Crippen LogP contribution in [0.1, 0.15) is 39.0 Å². The second-order valence-electron chi connectivity index (χ2n) is 3.74. The van der Waals surface area contributed by atoms with E-state index >= 15 is 0 Å². The third-order valence-corrected chi connectivity index (χ3v) is 2.91. The Morgan fingerprint density at radius 1 is 1.64 bits per heavy atom. The molecule has 64 valence electrons. The maximum atomic E-state index is 10.1. The Kier molecular flexibility index (Phi) is 2.72. The highest BCUT2D eigenvalue weighted by atomic mass is 18.2. The third-order valence-electron chi connectivity index (χ3n) is 2.91. The van der Waals surface area contributed by atoms with Gasteiger partial charge < -0.3 is 5.11 Å². The zero-order valence-corrected chi connectivity index (χ0v) is 7.34. The predicted octanol–water partition coefficient (Wildman–Crippen LogP) is 2.50. The molecule has 1 aliphatic rings. The molecule has 0 amide bonds. The van der Waals surface area contributed by atoms with Crippen LogP contribution in [-0.4, -0.2) is 10.7 Å². The van der Waals surface area contributed by atoms with Gasteiger partial charge in [0.15, 0.2) is 0 Å². The van der Waals surface area contributed by atoms with E-state index in [1.807, 2.05) is 6.08 Å². The zero-order valence-electron chi connectivity index (χ0n) is 7.34.